The number of ether oxygens (including phenoxy) is 2. The molecule has 2 fully saturated rings. The molecule has 2 unspecified atom stereocenters. The molecule has 2 amide bonds. The second kappa shape index (κ2) is 25.6. The van der Waals surface area contributed by atoms with E-state index in [4.69, 9.17) is 0 Å². The Morgan fingerprint density at radius 2 is 1.16 bits per heavy atom. The molecule has 2 aliphatic carbocycles. The van der Waals surface area contributed by atoms with Gasteiger partial charge in [0.15, 0.2) is 11.1 Å². The molecule has 12 atom stereocenters. The molecule has 0 radical (unpaired) electrons. The van der Waals surface area contributed by atoms with Gasteiger partial charge < -0.3 is 55.9 Å². The third-order valence-corrected chi connectivity index (χ3v) is 14.1. The quantitative estimate of drug-likeness (QED) is 0.0385. The van der Waals surface area contributed by atoms with E-state index in [0.717, 1.165) is 51.4 Å². The fourth-order valence-corrected chi connectivity index (χ4v) is 10.3. The summed E-state index contributed by atoms with van der Waals surface area (Å²) in [5.41, 5.74) is -8.52. The molecule has 4 rings (SSSR count). The Labute approximate surface area is 380 Å². The van der Waals surface area contributed by atoms with E-state index in [1.807, 2.05) is 26.0 Å². The highest BCUT2D eigenvalue weighted by molar-refractivity contribution is 8.14. The van der Waals surface area contributed by atoms with Crippen LogP contribution in [0, 0.1) is 23.7 Å². The maximum Gasteiger partial charge on any atom is 0.335 e. The predicted molar refractivity (Wildman–Crippen MR) is 238 cm³/mol. The van der Waals surface area contributed by atoms with Gasteiger partial charge in [0.25, 0.3) is 0 Å². The van der Waals surface area contributed by atoms with E-state index < -0.39 is 99.2 Å². The first-order valence-corrected chi connectivity index (χ1v) is 23.5. The summed E-state index contributed by atoms with van der Waals surface area (Å²) >= 11 is 4.20. The lowest BCUT2D eigenvalue weighted by Gasteiger charge is -2.45. The Morgan fingerprint density at radius 1 is 0.746 bits per heavy atom. The van der Waals surface area contributed by atoms with Gasteiger partial charge in [-0.2, -0.15) is 12.6 Å². The average molecular weight is 933 g/mol. The molecule has 4 aliphatic rings. The standard InChI is InChI=1S/C22H35NO7S.C19H31NO6.C3H6O2S/c1-4-5-7-12-15(24)17-19(27)23-22(21(17,2)29,20(28)31-13-16(25)30-3)18(26)14-10-8-6-9-11-14;1-3-4-6-11-13(21)14-16(23)20-19(17(24)25,18(14,2)26)15(22)12-9-7-5-8-10-12;1-5-3(4)2-6/h8,10,14-15,17-18,24,26,29H,4-7,9,11-13H2,1-3H3,(H,23,27);7,9,12-15,21-22,26H,3-6,8,10-11H2,1-2H3,(H,20,23)(H,24,25);6H,2H2,1H3/t14-,15?,17+,18+,21+,22+;12-,13?,14+,15+,18+,19+;/m11./s1. The Bertz CT molecular complexity index is 1600. The monoisotopic (exact) mass is 932 g/mol. The number of thiol groups is 1. The molecule has 19 heteroatoms. The van der Waals surface area contributed by atoms with Gasteiger partial charge >= 0.3 is 17.9 Å². The van der Waals surface area contributed by atoms with Crippen molar-refractivity contribution >= 4 is 59.2 Å². The van der Waals surface area contributed by atoms with E-state index in [9.17, 15) is 64.5 Å². The highest BCUT2D eigenvalue weighted by Gasteiger charge is 2.72. The van der Waals surface area contributed by atoms with Gasteiger partial charge in [0, 0.05) is 11.8 Å². The average Bonchev–Trinajstić information content (AvgIpc) is 3.62. The van der Waals surface area contributed by atoms with E-state index in [0.29, 0.717) is 43.9 Å². The molecular formula is C44H72N2O15S2. The number of carbonyl (C=O) groups excluding carboxylic acids is 5. The van der Waals surface area contributed by atoms with Gasteiger partial charge in [0.2, 0.25) is 16.9 Å². The number of methoxy groups -OCH3 is 2. The molecule has 0 bridgehead atoms. The van der Waals surface area contributed by atoms with Crippen LogP contribution in [0.5, 0.6) is 0 Å². The molecule has 9 N–H and O–H groups in total. The third kappa shape index (κ3) is 12.9. The summed E-state index contributed by atoms with van der Waals surface area (Å²) < 4.78 is 8.77. The number of carbonyl (C=O) groups is 6. The molecule has 0 saturated carbocycles. The zero-order valence-corrected chi connectivity index (χ0v) is 39.2. The molecule has 2 heterocycles. The molecule has 0 aromatic carbocycles. The van der Waals surface area contributed by atoms with Crippen LogP contribution in [-0.4, -0.2) is 143 Å². The first-order valence-electron chi connectivity index (χ1n) is 21.9. The van der Waals surface area contributed by atoms with Crippen LogP contribution in [0.1, 0.15) is 118 Å². The van der Waals surface area contributed by atoms with Gasteiger partial charge in [-0.1, -0.05) is 88.4 Å². The van der Waals surface area contributed by atoms with Crippen LogP contribution >= 0.6 is 24.4 Å². The van der Waals surface area contributed by atoms with Gasteiger partial charge in [-0.15, -0.1) is 0 Å². The topological polar surface area (TPSA) is 287 Å². The van der Waals surface area contributed by atoms with Crippen molar-refractivity contribution < 1.29 is 74.0 Å². The van der Waals surface area contributed by atoms with Crippen LogP contribution in [0.4, 0.5) is 0 Å². The normalized spacial score (nSPS) is 31.8. The van der Waals surface area contributed by atoms with Crippen molar-refractivity contribution in [3.63, 3.8) is 0 Å². The number of carboxylic acid groups (broad SMARTS) is 1. The summed E-state index contributed by atoms with van der Waals surface area (Å²) in [6.45, 7) is 6.56. The summed E-state index contributed by atoms with van der Waals surface area (Å²) in [5.74, 6) is -7.53. The fraction of sp³-hybridized carbons (Fsp3) is 0.773. The number of unbranched alkanes of at least 4 members (excludes halogenated alkanes) is 4. The Morgan fingerprint density at radius 3 is 1.51 bits per heavy atom. The van der Waals surface area contributed by atoms with E-state index in [1.54, 1.807) is 12.2 Å². The van der Waals surface area contributed by atoms with Crippen molar-refractivity contribution in [2.75, 3.05) is 25.7 Å². The number of hydrogen-bond donors (Lipinski definition) is 10. The largest absolute Gasteiger partial charge is 0.479 e. The minimum absolute atomic E-state index is 0.163. The smallest absolute Gasteiger partial charge is 0.335 e. The highest BCUT2D eigenvalue weighted by Crippen LogP contribution is 2.47. The minimum atomic E-state index is -2.26. The van der Waals surface area contributed by atoms with Gasteiger partial charge in [-0.05, 0) is 65.2 Å². The number of nitrogens with one attached hydrogen (secondary N) is 2. The number of rotatable bonds is 19. The van der Waals surface area contributed by atoms with Crippen LogP contribution in [0.2, 0.25) is 0 Å². The SMILES string of the molecule is CCCCCC(O)[C@H]1C(=O)N[C@](C(=O)O)([C@@H](O)[C@@H]2C=CCCC2)[C@@]1(C)O.CCCCCC(O)[C@H]1C(=O)N[C@](C(=O)SCC(=O)OC)([C@@H](O)[C@@H]2C=CCCC2)[C@@]1(C)O.COC(=O)CS. The molecule has 17 nitrogen and oxygen atoms in total. The number of allylic oxidation sites excluding steroid dienone is 2. The van der Waals surface area contributed by atoms with Crippen LogP contribution in [-0.2, 0) is 38.2 Å². The number of amides is 2. The first-order chi connectivity index (χ1) is 29.6. The van der Waals surface area contributed by atoms with Crippen molar-refractivity contribution in [2.45, 2.75) is 164 Å². The summed E-state index contributed by atoms with van der Waals surface area (Å²) in [6.07, 6.45) is 12.0. The van der Waals surface area contributed by atoms with E-state index in [2.05, 4.69) is 32.7 Å². The van der Waals surface area contributed by atoms with Crippen molar-refractivity contribution in [3.8, 4) is 0 Å². The summed E-state index contributed by atoms with van der Waals surface area (Å²) in [6, 6.07) is 0. The number of hydrogen-bond acceptors (Lipinski definition) is 16. The molecule has 2 saturated heterocycles. The highest BCUT2D eigenvalue weighted by atomic mass is 32.2. The summed E-state index contributed by atoms with van der Waals surface area (Å²) in [4.78, 5) is 72.5. The molecule has 0 aromatic heterocycles. The fourth-order valence-electron chi connectivity index (χ4n) is 9.17. The predicted octanol–water partition coefficient (Wildman–Crippen LogP) is 2.37. The molecule has 0 spiro atoms. The first kappa shape index (κ1) is 56.1. The lowest BCUT2D eigenvalue weighted by molar-refractivity contribution is -0.174. The number of aliphatic hydroxyl groups is 6. The molecule has 360 valence electrons. The lowest BCUT2D eigenvalue weighted by atomic mass is 9.67. The number of aliphatic hydroxyl groups excluding tert-OH is 4. The Kier molecular flexibility index (Phi) is 22.8. The van der Waals surface area contributed by atoms with Crippen LogP contribution in [0.25, 0.3) is 0 Å². The Hall–Kier alpha value is -3.04. The second-order valence-corrected chi connectivity index (χ2v) is 18.4. The molecule has 0 aromatic rings. The number of esters is 2. The van der Waals surface area contributed by atoms with Gasteiger partial charge in [0.05, 0.1) is 62.0 Å². The number of carboxylic acids is 1. The van der Waals surface area contributed by atoms with Gasteiger partial charge in [-0.25, -0.2) is 4.79 Å². The second-order valence-electron chi connectivity index (χ2n) is 17.1. The molecule has 2 aliphatic heterocycles. The van der Waals surface area contributed by atoms with Gasteiger partial charge in [0.1, 0.15) is 11.2 Å². The van der Waals surface area contributed by atoms with Crippen LogP contribution < -0.4 is 10.6 Å². The third-order valence-electron chi connectivity index (χ3n) is 12.8. The van der Waals surface area contributed by atoms with Crippen molar-refractivity contribution in [1.82, 2.24) is 10.6 Å². The van der Waals surface area contributed by atoms with Crippen molar-refractivity contribution in [3.05, 3.63) is 24.3 Å². The molecule has 63 heavy (non-hydrogen) atoms. The van der Waals surface area contributed by atoms with E-state index in [1.165, 1.54) is 28.1 Å². The maximum atomic E-state index is 13.4. The number of aliphatic carboxylic acids is 1. The zero-order chi connectivity index (χ0) is 47.8. The van der Waals surface area contributed by atoms with Crippen molar-refractivity contribution in [2.24, 2.45) is 23.7 Å². The van der Waals surface area contributed by atoms with Crippen LogP contribution in [0.15, 0.2) is 24.3 Å². The minimum Gasteiger partial charge on any atom is -0.479 e. The van der Waals surface area contributed by atoms with E-state index >= 15 is 0 Å². The molecular weight excluding hydrogens is 861 g/mol. The van der Waals surface area contributed by atoms with Crippen molar-refractivity contribution in [1.29, 1.82) is 0 Å². The van der Waals surface area contributed by atoms with Crippen LogP contribution in [0.3, 0.4) is 0 Å². The maximum absolute atomic E-state index is 13.4. The summed E-state index contributed by atoms with van der Waals surface area (Å²) in [5, 5.41) is 80.2. The lowest BCUT2D eigenvalue weighted by Crippen LogP contribution is -2.70. The van der Waals surface area contributed by atoms with E-state index in [-0.39, 0.29) is 23.9 Å². The Balaban J connectivity index is 0.000000388. The number of thioether (sulfide) groups is 1. The summed E-state index contributed by atoms with van der Waals surface area (Å²) in [7, 11) is 2.53. The zero-order valence-electron chi connectivity index (χ0n) is 37.5. The van der Waals surface area contributed by atoms with Gasteiger partial charge in [-0.3, -0.25) is 24.0 Å².